The van der Waals surface area contributed by atoms with Crippen molar-refractivity contribution in [1.82, 2.24) is 20.8 Å². The molecule has 0 aliphatic rings. The lowest BCUT2D eigenvalue weighted by atomic mass is 10.1. The maximum absolute atomic E-state index is 12.0. The van der Waals surface area contributed by atoms with Crippen LogP contribution in [-0.2, 0) is 24.2 Å². The summed E-state index contributed by atoms with van der Waals surface area (Å²) in [6.45, 7) is 7.02. The third-order valence-electron chi connectivity index (χ3n) is 4.06. The minimum atomic E-state index is -0.100. The Hall–Kier alpha value is -2.17. The highest BCUT2D eigenvalue weighted by atomic mass is 127. The van der Waals surface area contributed by atoms with Crippen LogP contribution in [-0.4, -0.2) is 35.6 Å². The van der Waals surface area contributed by atoms with Crippen LogP contribution in [0, 0.1) is 6.92 Å². The maximum Gasteiger partial charge on any atom is 0.227 e. The van der Waals surface area contributed by atoms with Crippen LogP contribution >= 0.6 is 24.0 Å². The standard InChI is InChI=1S/C19H28N6O2.HI/c1-5-15-14(16(6-2)27-25-15)12-22-19(20-4)21-11-10-18(26)24-17-9-7-8-13(3)23-17;/h7-9H,5-6,10-12H2,1-4H3,(H2,20,21,22)(H,23,24,26);1H. The normalized spacial score (nSPS) is 10.9. The first kappa shape index (κ1) is 23.9. The molecule has 0 bridgehead atoms. The first-order valence-corrected chi connectivity index (χ1v) is 9.21. The van der Waals surface area contributed by atoms with Gasteiger partial charge in [-0.05, 0) is 25.5 Å². The Kier molecular flexibility index (Phi) is 10.5. The molecule has 0 saturated carbocycles. The number of nitrogens with one attached hydrogen (secondary N) is 3. The van der Waals surface area contributed by atoms with Gasteiger partial charge in [0.15, 0.2) is 5.96 Å². The largest absolute Gasteiger partial charge is 0.361 e. The Morgan fingerprint density at radius 3 is 2.64 bits per heavy atom. The number of halogens is 1. The molecule has 0 spiro atoms. The second-order valence-corrected chi connectivity index (χ2v) is 6.05. The van der Waals surface area contributed by atoms with Gasteiger partial charge >= 0.3 is 0 Å². The molecule has 2 rings (SSSR count). The van der Waals surface area contributed by atoms with E-state index in [2.05, 4.69) is 38.0 Å². The predicted octanol–water partition coefficient (Wildman–Crippen LogP) is 2.81. The van der Waals surface area contributed by atoms with Crippen LogP contribution in [0.5, 0.6) is 0 Å². The highest BCUT2D eigenvalue weighted by molar-refractivity contribution is 14.0. The van der Waals surface area contributed by atoms with Gasteiger partial charge in [-0.1, -0.05) is 25.1 Å². The molecule has 8 nitrogen and oxygen atoms in total. The van der Waals surface area contributed by atoms with Gasteiger partial charge in [0, 0.05) is 44.2 Å². The number of aliphatic imine (C=N–C) groups is 1. The number of guanidine groups is 1. The molecule has 9 heteroatoms. The molecule has 0 aromatic carbocycles. The van der Waals surface area contributed by atoms with Gasteiger partial charge in [0.1, 0.15) is 11.6 Å². The maximum atomic E-state index is 12.0. The van der Waals surface area contributed by atoms with Crippen LogP contribution < -0.4 is 16.0 Å². The third kappa shape index (κ3) is 7.10. The number of anilines is 1. The van der Waals surface area contributed by atoms with Gasteiger partial charge in [-0.3, -0.25) is 9.79 Å². The quantitative estimate of drug-likeness (QED) is 0.293. The molecular weight excluding hydrogens is 471 g/mol. The van der Waals surface area contributed by atoms with Crippen LogP contribution in [0.3, 0.4) is 0 Å². The zero-order valence-electron chi connectivity index (χ0n) is 16.8. The molecule has 0 aliphatic heterocycles. The van der Waals surface area contributed by atoms with E-state index in [1.54, 1.807) is 13.1 Å². The fourth-order valence-electron chi connectivity index (χ4n) is 2.64. The molecule has 2 aromatic heterocycles. The zero-order valence-corrected chi connectivity index (χ0v) is 19.2. The molecule has 2 aromatic rings. The average Bonchev–Trinajstić information content (AvgIpc) is 3.06. The van der Waals surface area contributed by atoms with Crippen LogP contribution in [0.4, 0.5) is 5.82 Å². The Morgan fingerprint density at radius 1 is 1.21 bits per heavy atom. The van der Waals surface area contributed by atoms with Crippen molar-refractivity contribution in [2.45, 2.75) is 46.6 Å². The Morgan fingerprint density at radius 2 is 2.00 bits per heavy atom. The van der Waals surface area contributed by atoms with Crippen LogP contribution in [0.1, 0.15) is 43.0 Å². The molecule has 3 N–H and O–H groups in total. The fourth-order valence-corrected chi connectivity index (χ4v) is 2.64. The highest BCUT2D eigenvalue weighted by Crippen LogP contribution is 2.15. The topological polar surface area (TPSA) is 104 Å². The number of aryl methyl sites for hydroxylation is 3. The fraction of sp³-hybridized carbons (Fsp3) is 0.474. The number of amides is 1. The van der Waals surface area contributed by atoms with Gasteiger partial charge < -0.3 is 20.5 Å². The number of pyridine rings is 1. The molecule has 0 atom stereocenters. The van der Waals surface area contributed by atoms with Gasteiger partial charge in [0.2, 0.25) is 5.91 Å². The number of rotatable bonds is 8. The molecule has 0 fully saturated rings. The summed E-state index contributed by atoms with van der Waals surface area (Å²) < 4.78 is 5.37. The second kappa shape index (κ2) is 12.3. The van der Waals surface area contributed by atoms with Gasteiger partial charge in [-0.15, -0.1) is 24.0 Å². The Bertz CT molecular complexity index is 769. The summed E-state index contributed by atoms with van der Waals surface area (Å²) in [6.07, 6.45) is 1.92. The molecule has 0 radical (unpaired) electrons. The Labute approximate surface area is 183 Å². The summed E-state index contributed by atoms with van der Waals surface area (Å²) in [5, 5.41) is 13.3. The minimum absolute atomic E-state index is 0. The van der Waals surface area contributed by atoms with Crippen molar-refractivity contribution < 1.29 is 9.32 Å². The Balaban J connectivity index is 0.00000392. The van der Waals surface area contributed by atoms with Crippen molar-refractivity contribution in [3.05, 3.63) is 40.9 Å². The van der Waals surface area contributed by atoms with Gasteiger partial charge in [-0.25, -0.2) is 4.98 Å². The number of aromatic nitrogens is 2. The molecule has 2 heterocycles. The summed E-state index contributed by atoms with van der Waals surface area (Å²) in [5.74, 6) is 1.98. The van der Waals surface area contributed by atoms with Crippen molar-refractivity contribution in [3.8, 4) is 0 Å². The average molecular weight is 500 g/mol. The molecule has 0 saturated heterocycles. The van der Waals surface area contributed by atoms with E-state index in [0.717, 1.165) is 35.6 Å². The molecule has 28 heavy (non-hydrogen) atoms. The van der Waals surface area contributed by atoms with E-state index in [1.807, 2.05) is 26.0 Å². The summed E-state index contributed by atoms with van der Waals surface area (Å²) in [4.78, 5) is 20.5. The van der Waals surface area contributed by atoms with E-state index in [0.29, 0.717) is 31.3 Å². The predicted molar refractivity (Wildman–Crippen MR) is 121 cm³/mol. The molecule has 0 unspecified atom stereocenters. The van der Waals surface area contributed by atoms with E-state index in [4.69, 9.17) is 4.52 Å². The summed E-state index contributed by atoms with van der Waals surface area (Å²) in [7, 11) is 1.70. The number of carbonyl (C=O) groups is 1. The van der Waals surface area contributed by atoms with Crippen molar-refractivity contribution in [2.24, 2.45) is 4.99 Å². The van der Waals surface area contributed by atoms with Gasteiger partial charge in [0.25, 0.3) is 0 Å². The van der Waals surface area contributed by atoms with Crippen molar-refractivity contribution in [3.63, 3.8) is 0 Å². The van der Waals surface area contributed by atoms with E-state index in [9.17, 15) is 4.79 Å². The third-order valence-corrected chi connectivity index (χ3v) is 4.06. The second-order valence-electron chi connectivity index (χ2n) is 6.05. The highest BCUT2D eigenvalue weighted by Gasteiger charge is 2.13. The van der Waals surface area contributed by atoms with E-state index < -0.39 is 0 Å². The SMILES string of the molecule is CCc1noc(CC)c1CNC(=NC)NCCC(=O)Nc1cccc(C)n1.I. The lowest BCUT2D eigenvalue weighted by Gasteiger charge is -2.12. The van der Waals surface area contributed by atoms with E-state index in [-0.39, 0.29) is 29.9 Å². The van der Waals surface area contributed by atoms with E-state index >= 15 is 0 Å². The number of carbonyl (C=O) groups excluding carboxylic acids is 1. The van der Waals surface area contributed by atoms with Crippen LogP contribution in [0.25, 0.3) is 0 Å². The van der Waals surface area contributed by atoms with Crippen LogP contribution in [0.2, 0.25) is 0 Å². The van der Waals surface area contributed by atoms with Crippen LogP contribution in [0.15, 0.2) is 27.7 Å². The lowest BCUT2D eigenvalue weighted by molar-refractivity contribution is -0.116. The van der Waals surface area contributed by atoms with E-state index in [1.165, 1.54) is 0 Å². The number of nitrogens with zero attached hydrogens (tertiary/aromatic N) is 3. The monoisotopic (exact) mass is 500 g/mol. The van der Waals surface area contributed by atoms with Crippen molar-refractivity contribution >= 4 is 41.7 Å². The molecular formula is C19H29IN6O2. The first-order valence-electron chi connectivity index (χ1n) is 9.21. The molecule has 154 valence electrons. The van der Waals surface area contributed by atoms with Gasteiger partial charge in [0.05, 0.1) is 5.69 Å². The lowest BCUT2D eigenvalue weighted by Crippen LogP contribution is -2.38. The first-order chi connectivity index (χ1) is 13.1. The summed E-state index contributed by atoms with van der Waals surface area (Å²) >= 11 is 0. The number of hydrogen-bond acceptors (Lipinski definition) is 5. The molecule has 0 aliphatic carbocycles. The van der Waals surface area contributed by atoms with Gasteiger partial charge in [-0.2, -0.15) is 0 Å². The summed E-state index contributed by atoms with van der Waals surface area (Å²) in [6, 6.07) is 5.52. The van der Waals surface area contributed by atoms with Crippen molar-refractivity contribution in [2.75, 3.05) is 18.9 Å². The summed E-state index contributed by atoms with van der Waals surface area (Å²) in [5.41, 5.74) is 2.90. The smallest absolute Gasteiger partial charge is 0.227 e. The number of hydrogen-bond donors (Lipinski definition) is 3. The van der Waals surface area contributed by atoms with Crippen molar-refractivity contribution in [1.29, 1.82) is 0 Å². The molecule has 1 amide bonds. The zero-order chi connectivity index (χ0) is 19.6. The minimum Gasteiger partial charge on any atom is -0.361 e.